The zero-order valence-corrected chi connectivity index (χ0v) is 7.53. The van der Waals surface area contributed by atoms with Crippen LogP contribution in [-0.4, -0.2) is 11.1 Å². The first-order valence-electron chi connectivity index (χ1n) is 3.01. The van der Waals surface area contributed by atoms with Gasteiger partial charge in [-0.2, -0.15) is 0 Å². The molecular formula is C7H2BrF3O2. The number of halogens is 4. The number of carboxylic acids is 1. The van der Waals surface area contributed by atoms with Gasteiger partial charge >= 0.3 is 5.97 Å². The molecule has 1 N–H and O–H groups in total. The summed E-state index contributed by atoms with van der Waals surface area (Å²) in [7, 11) is 0. The van der Waals surface area contributed by atoms with E-state index in [1.807, 2.05) is 0 Å². The summed E-state index contributed by atoms with van der Waals surface area (Å²) < 4.78 is 37.2. The standard InChI is InChI=1S/C7H2BrF3O2/c8-4-5(10)2(7(12)13)1-3(9)6(4)11/h1H,(H,12,13). The van der Waals surface area contributed by atoms with E-state index in [1.165, 1.54) is 0 Å². The molecule has 0 aliphatic heterocycles. The lowest BCUT2D eigenvalue weighted by molar-refractivity contribution is 0.0691. The predicted octanol–water partition coefficient (Wildman–Crippen LogP) is 2.56. The van der Waals surface area contributed by atoms with Crippen LogP contribution in [0.3, 0.4) is 0 Å². The molecule has 0 heterocycles. The van der Waals surface area contributed by atoms with Gasteiger partial charge in [-0.1, -0.05) is 0 Å². The number of aromatic carboxylic acids is 1. The van der Waals surface area contributed by atoms with Crippen LogP contribution in [0.1, 0.15) is 10.4 Å². The topological polar surface area (TPSA) is 37.3 Å². The van der Waals surface area contributed by atoms with Gasteiger partial charge in [-0.05, 0) is 22.0 Å². The maximum atomic E-state index is 12.9. The van der Waals surface area contributed by atoms with Crippen LogP contribution < -0.4 is 0 Å². The highest BCUT2D eigenvalue weighted by Gasteiger charge is 2.20. The van der Waals surface area contributed by atoms with Crippen molar-refractivity contribution in [1.29, 1.82) is 0 Å². The minimum absolute atomic E-state index is 0.289. The Bertz CT molecular complexity index is 378. The first-order valence-corrected chi connectivity index (χ1v) is 3.80. The van der Waals surface area contributed by atoms with Crippen LogP contribution in [0.4, 0.5) is 13.2 Å². The highest BCUT2D eigenvalue weighted by atomic mass is 79.9. The fourth-order valence-electron chi connectivity index (χ4n) is 0.728. The van der Waals surface area contributed by atoms with Crippen molar-refractivity contribution in [3.8, 4) is 0 Å². The molecular weight excluding hydrogens is 253 g/mol. The summed E-state index contributed by atoms with van der Waals surface area (Å²) in [4.78, 5) is 10.3. The molecule has 0 radical (unpaired) electrons. The molecule has 0 bridgehead atoms. The lowest BCUT2D eigenvalue weighted by atomic mass is 10.2. The van der Waals surface area contributed by atoms with Gasteiger partial charge in [0.2, 0.25) is 0 Å². The maximum absolute atomic E-state index is 12.9. The van der Waals surface area contributed by atoms with Crippen LogP contribution in [0.15, 0.2) is 10.5 Å². The SMILES string of the molecule is O=C(O)c1cc(F)c(F)c(Br)c1F. The van der Waals surface area contributed by atoms with Crippen LogP contribution in [-0.2, 0) is 0 Å². The van der Waals surface area contributed by atoms with Crippen LogP contribution in [0.2, 0.25) is 0 Å². The minimum Gasteiger partial charge on any atom is -0.478 e. The van der Waals surface area contributed by atoms with E-state index in [0.717, 1.165) is 0 Å². The highest BCUT2D eigenvalue weighted by Crippen LogP contribution is 2.24. The van der Waals surface area contributed by atoms with Crippen LogP contribution in [0.25, 0.3) is 0 Å². The van der Waals surface area contributed by atoms with Crippen molar-refractivity contribution in [3.05, 3.63) is 33.6 Å². The van der Waals surface area contributed by atoms with Crippen molar-refractivity contribution in [2.24, 2.45) is 0 Å². The molecule has 13 heavy (non-hydrogen) atoms. The molecule has 2 nitrogen and oxygen atoms in total. The second-order valence-electron chi connectivity index (χ2n) is 2.15. The number of carboxylic acid groups (broad SMARTS) is 1. The molecule has 1 rings (SSSR count). The molecule has 1 aromatic rings. The third-order valence-corrected chi connectivity index (χ3v) is 2.03. The zero-order valence-electron chi connectivity index (χ0n) is 5.94. The van der Waals surface area contributed by atoms with Gasteiger partial charge < -0.3 is 5.11 Å². The van der Waals surface area contributed by atoms with Crippen molar-refractivity contribution in [1.82, 2.24) is 0 Å². The summed E-state index contributed by atoms with van der Waals surface area (Å²) >= 11 is 2.40. The van der Waals surface area contributed by atoms with Crippen molar-refractivity contribution in [2.75, 3.05) is 0 Å². The number of hydrogen-bond donors (Lipinski definition) is 1. The maximum Gasteiger partial charge on any atom is 0.338 e. The predicted molar refractivity (Wildman–Crippen MR) is 41.0 cm³/mol. The van der Waals surface area contributed by atoms with Crippen LogP contribution in [0.5, 0.6) is 0 Å². The minimum atomic E-state index is -1.66. The molecule has 0 aliphatic carbocycles. The summed E-state index contributed by atoms with van der Waals surface area (Å²) in [5.74, 6) is -5.84. The van der Waals surface area contributed by atoms with Gasteiger partial charge in [-0.25, -0.2) is 18.0 Å². The highest BCUT2D eigenvalue weighted by molar-refractivity contribution is 9.10. The fourth-order valence-corrected chi connectivity index (χ4v) is 1.13. The Morgan fingerprint density at radius 1 is 1.31 bits per heavy atom. The van der Waals surface area contributed by atoms with Crippen molar-refractivity contribution in [2.45, 2.75) is 0 Å². The van der Waals surface area contributed by atoms with E-state index in [4.69, 9.17) is 5.11 Å². The Morgan fingerprint density at radius 2 is 1.85 bits per heavy atom. The average Bonchev–Trinajstić information content (AvgIpc) is 2.07. The van der Waals surface area contributed by atoms with E-state index in [1.54, 1.807) is 0 Å². The van der Waals surface area contributed by atoms with E-state index >= 15 is 0 Å². The van der Waals surface area contributed by atoms with Crippen molar-refractivity contribution >= 4 is 21.9 Å². The number of benzene rings is 1. The van der Waals surface area contributed by atoms with E-state index in [2.05, 4.69) is 15.9 Å². The average molecular weight is 255 g/mol. The molecule has 0 saturated heterocycles. The molecule has 0 aromatic heterocycles. The Labute approximate surface area is 79.1 Å². The first kappa shape index (κ1) is 10.0. The van der Waals surface area contributed by atoms with Gasteiger partial charge in [0.15, 0.2) is 17.5 Å². The second kappa shape index (κ2) is 3.37. The molecule has 0 atom stereocenters. The molecule has 0 spiro atoms. The fraction of sp³-hybridized carbons (Fsp3) is 0. The third kappa shape index (κ3) is 1.67. The summed E-state index contributed by atoms with van der Waals surface area (Å²) in [5.41, 5.74) is -0.911. The number of hydrogen-bond acceptors (Lipinski definition) is 1. The second-order valence-corrected chi connectivity index (χ2v) is 2.95. The van der Waals surface area contributed by atoms with Crippen molar-refractivity contribution in [3.63, 3.8) is 0 Å². The third-order valence-electron chi connectivity index (χ3n) is 1.33. The molecule has 0 unspecified atom stereocenters. The van der Waals surface area contributed by atoms with Gasteiger partial charge in [0.1, 0.15) is 0 Å². The largest absolute Gasteiger partial charge is 0.478 e. The Balaban J connectivity index is 3.50. The smallest absolute Gasteiger partial charge is 0.338 e. The van der Waals surface area contributed by atoms with E-state index in [-0.39, 0.29) is 6.07 Å². The van der Waals surface area contributed by atoms with Crippen LogP contribution in [0, 0.1) is 17.5 Å². The van der Waals surface area contributed by atoms with Crippen molar-refractivity contribution < 1.29 is 23.1 Å². The lowest BCUT2D eigenvalue weighted by Crippen LogP contribution is -2.04. The van der Waals surface area contributed by atoms with Gasteiger partial charge in [0.25, 0.3) is 0 Å². The monoisotopic (exact) mass is 254 g/mol. The molecule has 0 aliphatic rings. The summed E-state index contributed by atoms with van der Waals surface area (Å²) in [6.45, 7) is 0. The van der Waals surface area contributed by atoms with Gasteiger partial charge in [-0.3, -0.25) is 0 Å². The molecule has 0 saturated carbocycles. The normalized spacial score (nSPS) is 10.2. The first-order chi connectivity index (χ1) is 5.95. The molecule has 0 amide bonds. The van der Waals surface area contributed by atoms with Gasteiger partial charge in [0, 0.05) is 0 Å². The summed E-state index contributed by atoms with van der Waals surface area (Å²) in [5, 5.41) is 8.36. The number of carbonyl (C=O) groups is 1. The molecule has 6 heteroatoms. The Morgan fingerprint density at radius 3 is 2.31 bits per heavy atom. The molecule has 0 fully saturated rings. The zero-order chi connectivity index (χ0) is 10.2. The van der Waals surface area contributed by atoms with E-state index in [9.17, 15) is 18.0 Å². The van der Waals surface area contributed by atoms with Gasteiger partial charge in [0.05, 0.1) is 10.0 Å². The van der Waals surface area contributed by atoms with Gasteiger partial charge in [-0.15, -0.1) is 0 Å². The Kier molecular flexibility index (Phi) is 2.60. The lowest BCUT2D eigenvalue weighted by Gasteiger charge is -2.01. The van der Waals surface area contributed by atoms with E-state index < -0.39 is 33.5 Å². The quantitative estimate of drug-likeness (QED) is 0.618. The van der Waals surface area contributed by atoms with Crippen LogP contribution >= 0.6 is 15.9 Å². The summed E-state index contributed by atoms with van der Waals surface area (Å²) in [6, 6.07) is 0.289. The molecule has 70 valence electrons. The number of rotatable bonds is 1. The molecule has 1 aromatic carbocycles. The summed E-state index contributed by atoms with van der Waals surface area (Å²) in [6.07, 6.45) is 0. The Hall–Kier alpha value is -1.04. The van der Waals surface area contributed by atoms with E-state index in [0.29, 0.717) is 0 Å².